The van der Waals surface area contributed by atoms with Crippen molar-refractivity contribution in [1.82, 2.24) is 10.2 Å². The van der Waals surface area contributed by atoms with Gasteiger partial charge in [0, 0.05) is 26.7 Å². The van der Waals surface area contributed by atoms with Crippen molar-refractivity contribution in [1.29, 1.82) is 0 Å². The molecule has 0 radical (unpaired) electrons. The molecule has 1 N–H and O–H groups in total. The molecule has 4 nitrogen and oxygen atoms in total. The lowest BCUT2D eigenvalue weighted by molar-refractivity contribution is -0.131. The topological polar surface area (TPSA) is 41.6 Å². The van der Waals surface area contributed by atoms with E-state index in [1.54, 1.807) is 4.90 Å². The van der Waals surface area contributed by atoms with E-state index in [9.17, 15) is 4.79 Å². The molecule has 1 fully saturated rings. The molecule has 1 unspecified atom stereocenters. The van der Waals surface area contributed by atoms with Crippen molar-refractivity contribution in [2.75, 3.05) is 33.3 Å². The number of rotatable bonds is 4. The van der Waals surface area contributed by atoms with Crippen molar-refractivity contribution >= 4 is 5.91 Å². The number of nitrogens with one attached hydrogen (secondary N) is 1. The zero-order valence-corrected chi connectivity index (χ0v) is 12.6. The van der Waals surface area contributed by atoms with Crippen LogP contribution in [-0.2, 0) is 16.0 Å². The lowest BCUT2D eigenvalue weighted by Gasteiger charge is -2.28. The van der Waals surface area contributed by atoms with Crippen molar-refractivity contribution in [3.8, 4) is 0 Å². The summed E-state index contributed by atoms with van der Waals surface area (Å²) in [6.45, 7) is 7.26. The Balaban J connectivity index is 1.88. The van der Waals surface area contributed by atoms with Gasteiger partial charge in [-0.25, -0.2) is 0 Å². The second kappa shape index (κ2) is 6.86. The molecule has 1 heterocycles. The standard InChI is InChI=1S/C16H24N2O2/c1-12-4-5-14(8-13(12)2)9-16(19)18(3)11-15-10-17-6-7-20-15/h4-5,8,15,17H,6-7,9-11H2,1-3H3. The van der Waals surface area contributed by atoms with E-state index >= 15 is 0 Å². The number of ether oxygens (including phenoxy) is 1. The minimum Gasteiger partial charge on any atom is -0.374 e. The molecule has 2 rings (SSSR count). The number of carbonyl (C=O) groups excluding carboxylic acids is 1. The zero-order valence-electron chi connectivity index (χ0n) is 12.6. The van der Waals surface area contributed by atoms with Gasteiger partial charge in [0.1, 0.15) is 0 Å². The van der Waals surface area contributed by atoms with Gasteiger partial charge in [0.15, 0.2) is 0 Å². The largest absolute Gasteiger partial charge is 0.374 e. The first-order valence-electron chi connectivity index (χ1n) is 7.18. The van der Waals surface area contributed by atoms with Gasteiger partial charge in [-0.3, -0.25) is 4.79 Å². The Hall–Kier alpha value is -1.39. The smallest absolute Gasteiger partial charge is 0.226 e. The second-order valence-corrected chi connectivity index (χ2v) is 5.57. The molecule has 110 valence electrons. The quantitative estimate of drug-likeness (QED) is 0.901. The molecule has 0 saturated carbocycles. The lowest BCUT2D eigenvalue weighted by Crippen LogP contribution is -2.46. The molecule has 1 atom stereocenters. The molecule has 4 heteroatoms. The zero-order chi connectivity index (χ0) is 14.5. The Kier molecular flexibility index (Phi) is 5.15. The Morgan fingerprint density at radius 1 is 1.40 bits per heavy atom. The van der Waals surface area contributed by atoms with Gasteiger partial charge in [-0.05, 0) is 30.5 Å². The third kappa shape index (κ3) is 4.05. The minimum atomic E-state index is 0.109. The van der Waals surface area contributed by atoms with Gasteiger partial charge in [-0.2, -0.15) is 0 Å². The van der Waals surface area contributed by atoms with Gasteiger partial charge < -0.3 is 15.0 Å². The van der Waals surface area contributed by atoms with Gasteiger partial charge >= 0.3 is 0 Å². The number of likely N-dealkylation sites (N-methyl/N-ethyl adjacent to an activating group) is 1. The van der Waals surface area contributed by atoms with Crippen LogP contribution in [0.15, 0.2) is 18.2 Å². The number of carbonyl (C=O) groups is 1. The second-order valence-electron chi connectivity index (χ2n) is 5.57. The third-order valence-electron chi connectivity index (χ3n) is 3.83. The summed E-state index contributed by atoms with van der Waals surface area (Å²) >= 11 is 0. The highest BCUT2D eigenvalue weighted by Crippen LogP contribution is 2.11. The first kappa shape index (κ1) is 15.0. The Labute approximate surface area is 121 Å². The summed E-state index contributed by atoms with van der Waals surface area (Å²) in [7, 11) is 1.85. The molecule has 1 saturated heterocycles. The van der Waals surface area contributed by atoms with Crippen molar-refractivity contribution in [3.05, 3.63) is 34.9 Å². The van der Waals surface area contributed by atoms with E-state index < -0.39 is 0 Å². The molecular weight excluding hydrogens is 252 g/mol. The van der Waals surface area contributed by atoms with Crippen LogP contribution in [0.3, 0.4) is 0 Å². The summed E-state index contributed by atoms with van der Waals surface area (Å²) in [5.41, 5.74) is 3.57. The molecule has 0 aromatic heterocycles. The summed E-state index contributed by atoms with van der Waals surface area (Å²) in [5.74, 6) is 0.141. The van der Waals surface area contributed by atoms with Crippen molar-refractivity contribution < 1.29 is 9.53 Å². The molecular formula is C16H24N2O2. The molecule has 1 aromatic carbocycles. The number of hydrogen-bond donors (Lipinski definition) is 1. The highest BCUT2D eigenvalue weighted by atomic mass is 16.5. The van der Waals surface area contributed by atoms with E-state index in [2.05, 4.69) is 31.3 Å². The SMILES string of the molecule is Cc1ccc(CC(=O)N(C)CC2CNCCO2)cc1C. The molecule has 20 heavy (non-hydrogen) atoms. The Morgan fingerprint density at radius 2 is 2.20 bits per heavy atom. The monoisotopic (exact) mass is 276 g/mol. The molecule has 1 amide bonds. The normalized spacial score (nSPS) is 18.9. The van der Waals surface area contributed by atoms with Crippen LogP contribution in [0.1, 0.15) is 16.7 Å². The number of nitrogens with zero attached hydrogens (tertiary/aromatic N) is 1. The average molecular weight is 276 g/mol. The van der Waals surface area contributed by atoms with E-state index in [1.807, 2.05) is 13.1 Å². The Bertz CT molecular complexity index is 468. The van der Waals surface area contributed by atoms with Crippen LogP contribution < -0.4 is 5.32 Å². The summed E-state index contributed by atoms with van der Waals surface area (Å²) < 4.78 is 5.63. The average Bonchev–Trinajstić information content (AvgIpc) is 2.44. The number of morpholine rings is 1. The maximum atomic E-state index is 12.2. The third-order valence-corrected chi connectivity index (χ3v) is 3.83. The van der Waals surface area contributed by atoms with Crippen LogP contribution in [0.5, 0.6) is 0 Å². The predicted octanol–water partition coefficient (Wildman–Crippen LogP) is 1.29. The fraction of sp³-hybridized carbons (Fsp3) is 0.562. The maximum Gasteiger partial charge on any atom is 0.226 e. The van der Waals surface area contributed by atoms with E-state index in [0.717, 1.165) is 25.3 Å². The van der Waals surface area contributed by atoms with E-state index in [1.165, 1.54) is 11.1 Å². The van der Waals surface area contributed by atoms with Crippen LogP contribution in [0.2, 0.25) is 0 Å². The van der Waals surface area contributed by atoms with Crippen LogP contribution in [0.25, 0.3) is 0 Å². The molecule has 0 bridgehead atoms. The highest BCUT2D eigenvalue weighted by molar-refractivity contribution is 5.78. The number of hydrogen-bond acceptors (Lipinski definition) is 3. The molecule has 1 aliphatic rings. The highest BCUT2D eigenvalue weighted by Gasteiger charge is 2.18. The van der Waals surface area contributed by atoms with Gasteiger partial charge in [0.2, 0.25) is 5.91 Å². The van der Waals surface area contributed by atoms with E-state index in [4.69, 9.17) is 4.74 Å². The fourth-order valence-corrected chi connectivity index (χ4v) is 2.37. The van der Waals surface area contributed by atoms with Crippen molar-refractivity contribution in [2.24, 2.45) is 0 Å². The summed E-state index contributed by atoms with van der Waals surface area (Å²) in [6, 6.07) is 6.21. The lowest BCUT2D eigenvalue weighted by atomic mass is 10.0. The van der Waals surface area contributed by atoms with Crippen molar-refractivity contribution in [3.63, 3.8) is 0 Å². The van der Waals surface area contributed by atoms with Gasteiger partial charge in [0.25, 0.3) is 0 Å². The molecule has 0 aliphatic carbocycles. The molecule has 0 spiro atoms. The van der Waals surface area contributed by atoms with Gasteiger partial charge in [-0.15, -0.1) is 0 Å². The number of amides is 1. The molecule has 1 aliphatic heterocycles. The van der Waals surface area contributed by atoms with E-state index in [-0.39, 0.29) is 12.0 Å². The predicted molar refractivity (Wildman–Crippen MR) is 79.9 cm³/mol. The maximum absolute atomic E-state index is 12.2. The number of benzene rings is 1. The molecule has 1 aromatic rings. The summed E-state index contributed by atoms with van der Waals surface area (Å²) in [6.07, 6.45) is 0.565. The fourth-order valence-electron chi connectivity index (χ4n) is 2.37. The minimum absolute atomic E-state index is 0.109. The number of aryl methyl sites for hydroxylation is 2. The van der Waals surface area contributed by atoms with Crippen LogP contribution >= 0.6 is 0 Å². The van der Waals surface area contributed by atoms with Gasteiger partial charge in [0.05, 0.1) is 19.1 Å². The van der Waals surface area contributed by atoms with Crippen LogP contribution in [-0.4, -0.2) is 50.2 Å². The first-order valence-corrected chi connectivity index (χ1v) is 7.18. The van der Waals surface area contributed by atoms with Gasteiger partial charge in [-0.1, -0.05) is 18.2 Å². The van der Waals surface area contributed by atoms with E-state index in [0.29, 0.717) is 13.0 Å². The van der Waals surface area contributed by atoms with Crippen LogP contribution in [0.4, 0.5) is 0 Å². The Morgan fingerprint density at radius 3 is 2.85 bits per heavy atom. The summed E-state index contributed by atoms with van der Waals surface area (Å²) in [4.78, 5) is 14.0. The first-order chi connectivity index (χ1) is 9.56. The summed E-state index contributed by atoms with van der Waals surface area (Å²) in [5, 5.41) is 3.28. The van der Waals surface area contributed by atoms with Crippen LogP contribution in [0, 0.1) is 13.8 Å². The van der Waals surface area contributed by atoms with Crippen molar-refractivity contribution in [2.45, 2.75) is 26.4 Å².